The summed E-state index contributed by atoms with van der Waals surface area (Å²) < 4.78 is 29.7. The molecule has 10 heteroatoms. The number of carbonyl (C=O) groups excluding carboxylic acids is 1. The summed E-state index contributed by atoms with van der Waals surface area (Å²) in [4.78, 5) is 25.9. The van der Waals surface area contributed by atoms with E-state index in [-0.39, 0.29) is 34.3 Å². The molecule has 0 spiro atoms. The van der Waals surface area contributed by atoms with E-state index in [9.17, 15) is 19.1 Å². The van der Waals surface area contributed by atoms with E-state index < -0.39 is 15.7 Å². The van der Waals surface area contributed by atoms with Gasteiger partial charge in [-0.05, 0) is 49.1 Å². The summed E-state index contributed by atoms with van der Waals surface area (Å²) in [6.07, 6.45) is 1.32. The summed E-state index contributed by atoms with van der Waals surface area (Å²) in [5.74, 6) is 0.695. The fourth-order valence-corrected chi connectivity index (χ4v) is 5.90. The molecule has 0 aromatic heterocycles. The molecule has 1 aliphatic rings. The second-order valence-electron chi connectivity index (χ2n) is 8.26. The van der Waals surface area contributed by atoms with Crippen molar-refractivity contribution in [1.82, 2.24) is 4.90 Å². The minimum absolute atomic E-state index is 0.132. The quantitative estimate of drug-likeness (QED) is 0.257. The largest absolute Gasteiger partial charge is 0.493 e. The molecule has 0 saturated carbocycles. The zero-order valence-electron chi connectivity index (χ0n) is 20.5. The SMILES string of the molecule is CCOC(=O)C(CC)CN1CCc2cc(OC)c(OC)cc2[C@@H]1C[S@@](=O)c1ccccc1[N+](=O)[O-]. The topological polar surface area (TPSA) is 108 Å². The van der Waals surface area contributed by atoms with Gasteiger partial charge in [0, 0.05) is 31.0 Å². The zero-order chi connectivity index (χ0) is 25.5. The lowest BCUT2D eigenvalue weighted by molar-refractivity contribution is -0.387. The van der Waals surface area contributed by atoms with E-state index in [1.54, 1.807) is 33.3 Å². The number of ether oxygens (including phenoxy) is 3. The van der Waals surface area contributed by atoms with Crippen LogP contribution in [0.4, 0.5) is 5.69 Å². The van der Waals surface area contributed by atoms with Crippen LogP contribution in [-0.4, -0.2) is 59.7 Å². The minimum atomic E-state index is -1.66. The highest BCUT2D eigenvalue weighted by atomic mass is 32.2. The Bertz CT molecular complexity index is 1090. The molecule has 0 radical (unpaired) electrons. The van der Waals surface area contributed by atoms with Crippen LogP contribution in [0.15, 0.2) is 41.3 Å². The third-order valence-electron chi connectivity index (χ3n) is 6.30. The lowest BCUT2D eigenvalue weighted by Gasteiger charge is -2.39. The number of methoxy groups -OCH3 is 2. The Labute approximate surface area is 208 Å². The number of nitro benzene ring substituents is 1. The maximum absolute atomic E-state index is 13.5. The van der Waals surface area contributed by atoms with Crippen LogP contribution in [0.25, 0.3) is 0 Å². The van der Waals surface area contributed by atoms with Gasteiger partial charge in [-0.2, -0.15) is 0 Å². The monoisotopic (exact) mass is 504 g/mol. The molecular weight excluding hydrogens is 472 g/mol. The third-order valence-corrected chi connectivity index (χ3v) is 7.75. The molecule has 0 saturated heterocycles. The van der Waals surface area contributed by atoms with Gasteiger partial charge in [-0.3, -0.25) is 24.0 Å². The lowest BCUT2D eigenvalue weighted by atomic mass is 9.91. The summed E-state index contributed by atoms with van der Waals surface area (Å²) in [5.41, 5.74) is 1.78. The molecule has 3 atom stereocenters. The second kappa shape index (κ2) is 12.1. The average molecular weight is 505 g/mol. The smallest absolute Gasteiger partial charge is 0.310 e. The molecule has 0 bridgehead atoms. The van der Waals surface area contributed by atoms with Crippen LogP contribution >= 0.6 is 0 Å². The van der Waals surface area contributed by atoms with Crippen LogP contribution < -0.4 is 9.47 Å². The Morgan fingerprint density at radius 2 is 1.89 bits per heavy atom. The number of benzene rings is 2. The fraction of sp³-hybridized carbons (Fsp3) is 0.480. The molecule has 190 valence electrons. The predicted molar refractivity (Wildman–Crippen MR) is 132 cm³/mol. The molecule has 35 heavy (non-hydrogen) atoms. The Morgan fingerprint density at radius 1 is 1.20 bits per heavy atom. The number of carbonyl (C=O) groups is 1. The summed E-state index contributed by atoms with van der Waals surface area (Å²) in [5, 5.41) is 11.5. The van der Waals surface area contributed by atoms with E-state index in [1.165, 1.54) is 12.1 Å². The molecule has 2 aromatic rings. The molecule has 0 fully saturated rings. The molecule has 0 N–H and O–H groups in total. The molecule has 1 heterocycles. The Balaban J connectivity index is 2.01. The van der Waals surface area contributed by atoms with Crippen molar-refractivity contribution in [2.45, 2.75) is 37.6 Å². The van der Waals surface area contributed by atoms with Crippen LogP contribution in [0.1, 0.15) is 37.4 Å². The van der Waals surface area contributed by atoms with Crippen molar-refractivity contribution in [2.75, 3.05) is 39.7 Å². The van der Waals surface area contributed by atoms with Crippen molar-refractivity contribution in [3.8, 4) is 11.5 Å². The lowest BCUT2D eigenvalue weighted by Crippen LogP contribution is -2.42. The van der Waals surface area contributed by atoms with Crippen molar-refractivity contribution >= 4 is 22.5 Å². The van der Waals surface area contributed by atoms with Gasteiger partial charge < -0.3 is 14.2 Å². The highest BCUT2D eigenvalue weighted by Gasteiger charge is 2.34. The Kier molecular flexibility index (Phi) is 9.22. The first-order valence-electron chi connectivity index (χ1n) is 11.6. The van der Waals surface area contributed by atoms with Gasteiger partial charge in [0.2, 0.25) is 0 Å². The molecule has 1 aliphatic heterocycles. The zero-order valence-corrected chi connectivity index (χ0v) is 21.3. The van der Waals surface area contributed by atoms with Crippen LogP contribution in [-0.2, 0) is 26.8 Å². The number of hydrogen-bond donors (Lipinski definition) is 0. The predicted octanol–water partition coefficient (Wildman–Crippen LogP) is 3.91. The fourth-order valence-electron chi connectivity index (χ4n) is 4.44. The number of hydrogen-bond acceptors (Lipinski definition) is 8. The average Bonchev–Trinajstić information content (AvgIpc) is 2.87. The summed E-state index contributed by atoms with van der Waals surface area (Å²) in [6.45, 7) is 5.09. The van der Waals surface area contributed by atoms with Gasteiger partial charge in [0.1, 0.15) is 4.90 Å². The number of rotatable bonds is 11. The summed E-state index contributed by atoms with van der Waals surface area (Å²) in [7, 11) is 1.47. The van der Waals surface area contributed by atoms with Gasteiger partial charge in [-0.15, -0.1) is 0 Å². The van der Waals surface area contributed by atoms with Crippen molar-refractivity contribution in [3.05, 3.63) is 57.6 Å². The first-order valence-corrected chi connectivity index (χ1v) is 12.9. The normalized spacial score (nSPS) is 17.2. The van der Waals surface area contributed by atoms with Crippen molar-refractivity contribution < 1.29 is 28.1 Å². The maximum Gasteiger partial charge on any atom is 0.310 e. The minimum Gasteiger partial charge on any atom is -0.493 e. The van der Waals surface area contributed by atoms with Crippen molar-refractivity contribution in [2.24, 2.45) is 5.92 Å². The van der Waals surface area contributed by atoms with Crippen LogP contribution in [0.5, 0.6) is 11.5 Å². The first-order chi connectivity index (χ1) is 16.8. The molecule has 2 aromatic carbocycles. The van der Waals surface area contributed by atoms with E-state index in [1.807, 2.05) is 19.1 Å². The molecule has 1 unspecified atom stereocenters. The second-order valence-corrected chi connectivity index (χ2v) is 9.73. The number of para-hydroxylation sites is 1. The maximum atomic E-state index is 13.5. The van der Waals surface area contributed by atoms with Crippen molar-refractivity contribution in [3.63, 3.8) is 0 Å². The van der Waals surface area contributed by atoms with Crippen LogP contribution in [0.3, 0.4) is 0 Å². The molecular formula is C25H32N2O7S. The van der Waals surface area contributed by atoms with E-state index in [0.717, 1.165) is 11.1 Å². The standard InChI is InChI=1S/C25H32N2O7S/c1-5-17(25(28)34-6-2)15-26-12-11-18-13-22(32-3)23(33-4)14-19(18)21(26)16-35(31)24-10-8-7-9-20(24)27(29)30/h7-10,13-14,17,21H,5-6,11-12,15-16H2,1-4H3/t17?,21-,35+/m0/s1. The van der Waals surface area contributed by atoms with Gasteiger partial charge in [-0.1, -0.05) is 19.1 Å². The van der Waals surface area contributed by atoms with Gasteiger partial charge in [0.15, 0.2) is 11.5 Å². The first kappa shape index (κ1) is 26.6. The van der Waals surface area contributed by atoms with E-state index in [0.29, 0.717) is 44.0 Å². The molecule has 9 nitrogen and oxygen atoms in total. The van der Waals surface area contributed by atoms with Crippen LogP contribution in [0.2, 0.25) is 0 Å². The third kappa shape index (κ3) is 5.99. The summed E-state index contributed by atoms with van der Waals surface area (Å²) >= 11 is 0. The van der Waals surface area contributed by atoms with E-state index in [4.69, 9.17) is 14.2 Å². The molecule has 0 aliphatic carbocycles. The number of nitrogens with zero attached hydrogens (tertiary/aromatic N) is 2. The number of fused-ring (bicyclic) bond motifs is 1. The van der Waals surface area contributed by atoms with Gasteiger partial charge >= 0.3 is 5.97 Å². The molecule has 3 rings (SSSR count). The highest BCUT2D eigenvalue weighted by molar-refractivity contribution is 7.85. The van der Waals surface area contributed by atoms with Gasteiger partial charge in [-0.25, -0.2) is 0 Å². The van der Waals surface area contributed by atoms with Crippen LogP contribution in [0, 0.1) is 16.0 Å². The Morgan fingerprint density at radius 3 is 2.51 bits per heavy atom. The van der Waals surface area contributed by atoms with Gasteiger partial charge in [0.25, 0.3) is 5.69 Å². The van der Waals surface area contributed by atoms with Crippen molar-refractivity contribution in [1.29, 1.82) is 0 Å². The van der Waals surface area contributed by atoms with E-state index in [2.05, 4.69) is 4.90 Å². The summed E-state index contributed by atoms with van der Waals surface area (Å²) in [6, 6.07) is 9.56. The Hall–Kier alpha value is -2.98. The molecule has 0 amide bonds. The van der Waals surface area contributed by atoms with Gasteiger partial charge in [0.05, 0.1) is 42.5 Å². The van der Waals surface area contributed by atoms with E-state index >= 15 is 0 Å². The number of nitro groups is 1. The number of esters is 1. The highest BCUT2D eigenvalue weighted by Crippen LogP contribution is 2.39.